The molecule has 0 spiro atoms. The Bertz CT molecular complexity index is 4250. The van der Waals surface area contributed by atoms with E-state index in [2.05, 4.69) is 33.2 Å². The van der Waals surface area contributed by atoms with Crippen molar-refractivity contribution in [2.75, 3.05) is 0 Å². The summed E-state index contributed by atoms with van der Waals surface area (Å²) in [5.41, 5.74) is 2.68. The van der Waals surface area contributed by atoms with Gasteiger partial charge in [-0.1, -0.05) is 88.5 Å². The number of aromatic nitrogens is 4. The molecule has 0 amide bonds. The predicted octanol–water partition coefficient (Wildman–Crippen LogP) is 12.0. The van der Waals surface area contributed by atoms with Gasteiger partial charge in [-0.05, 0) is 94.7 Å². The van der Waals surface area contributed by atoms with Gasteiger partial charge in [0.15, 0.2) is 0 Å². The number of pyridine rings is 4. The summed E-state index contributed by atoms with van der Waals surface area (Å²) in [4.78, 5) is 44.8. The van der Waals surface area contributed by atoms with Gasteiger partial charge in [0, 0.05) is 73.6 Å². The molecular formula is C57H35IrN4O5. The van der Waals surface area contributed by atoms with Crippen molar-refractivity contribution in [3.8, 4) is 33.5 Å². The molecule has 0 N–H and O–H groups in total. The second kappa shape index (κ2) is 17.1. The number of nitrogens with zero attached hydrogens (tertiary/aromatic N) is 4. The van der Waals surface area contributed by atoms with E-state index in [-0.39, 0.29) is 80.9 Å². The molecule has 12 rings (SSSR count). The van der Waals surface area contributed by atoms with Crippen molar-refractivity contribution in [2.24, 2.45) is 0 Å². The van der Waals surface area contributed by atoms with Crippen LogP contribution in [0.25, 0.3) is 99.3 Å². The van der Waals surface area contributed by atoms with Gasteiger partial charge in [0.2, 0.25) is 5.71 Å². The number of rotatable bonds is 9. The average Bonchev–Trinajstić information content (AvgIpc) is 3.78. The number of benzene rings is 5. The summed E-state index contributed by atoms with van der Waals surface area (Å²) in [7, 11) is 0. The molecule has 7 heterocycles. The maximum atomic E-state index is 13.3. The van der Waals surface area contributed by atoms with Gasteiger partial charge in [0.05, 0.1) is 5.58 Å². The second-order valence-corrected chi connectivity index (χ2v) is 15.6. The molecule has 9 nitrogen and oxygen atoms in total. The Morgan fingerprint density at radius 3 is 1.76 bits per heavy atom. The van der Waals surface area contributed by atoms with Crippen LogP contribution in [0.15, 0.2) is 169 Å². The predicted molar refractivity (Wildman–Crippen MR) is 257 cm³/mol. The van der Waals surface area contributed by atoms with Crippen LogP contribution in [-0.2, 0) is 45.6 Å². The first-order chi connectivity index (χ1) is 35.4. The van der Waals surface area contributed by atoms with E-state index in [4.69, 9.17) is 18.2 Å². The van der Waals surface area contributed by atoms with Crippen molar-refractivity contribution >= 4 is 65.8 Å². The minimum Gasteiger partial charge on any atom is -0.486 e. The Kier molecular flexibility index (Phi) is 8.58. The number of fused-ring (bicyclic) bond motifs is 9. The molecule has 0 fully saturated rings. The number of aryl methyl sites for hydroxylation is 5. The Morgan fingerprint density at radius 1 is 0.537 bits per heavy atom. The van der Waals surface area contributed by atoms with E-state index in [9.17, 15) is 20.6 Å². The molecular weight excluding hydrogens is 1010 g/mol. The zero-order chi connectivity index (χ0) is 51.5. The van der Waals surface area contributed by atoms with E-state index in [0.29, 0.717) is 50.0 Å². The molecule has 0 bridgehead atoms. The zero-order valence-electron chi connectivity index (χ0n) is 43.0. The summed E-state index contributed by atoms with van der Waals surface area (Å²) in [6.45, 7) is 1.89. The van der Waals surface area contributed by atoms with Gasteiger partial charge in [0.1, 0.15) is 0 Å². The van der Waals surface area contributed by atoms with E-state index in [1.807, 2.05) is 37.3 Å². The zero-order valence-corrected chi connectivity index (χ0v) is 37.4. The maximum Gasteiger partial charge on any atom is 3.00 e. The van der Waals surface area contributed by atoms with Gasteiger partial charge in [-0.3, -0.25) is 0 Å². The average molecular weight is 1060 g/mol. The van der Waals surface area contributed by atoms with Crippen LogP contribution in [0.2, 0.25) is 0 Å². The normalized spacial score (nSPS) is 14.2. The summed E-state index contributed by atoms with van der Waals surface area (Å²) in [5.74, 6) is 0. The molecule has 0 aliphatic carbocycles. The van der Waals surface area contributed by atoms with Crippen molar-refractivity contribution < 1.29 is 44.3 Å². The summed E-state index contributed by atoms with van der Waals surface area (Å²) in [6, 6.07) is 43.5. The van der Waals surface area contributed by atoms with Crippen LogP contribution in [0, 0.1) is 25.1 Å². The quantitative estimate of drug-likeness (QED) is 0.0789. The largest absolute Gasteiger partial charge is 3.00 e. The molecule has 0 saturated heterocycles. The molecule has 322 valence electrons. The minimum absolute atomic E-state index is 0. The van der Waals surface area contributed by atoms with Crippen LogP contribution in [0.4, 0.5) is 0 Å². The summed E-state index contributed by atoms with van der Waals surface area (Å²) >= 11 is 0. The molecule has 0 aliphatic rings. The fraction of sp³-hybridized carbons (Fsp3) is 0.0877. The Labute approximate surface area is 407 Å². The smallest absolute Gasteiger partial charge is 0.486 e. The van der Waals surface area contributed by atoms with Gasteiger partial charge < -0.3 is 28.2 Å². The van der Waals surface area contributed by atoms with Crippen molar-refractivity contribution in [1.29, 1.82) is 0 Å². The molecule has 0 aliphatic heterocycles. The van der Waals surface area contributed by atoms with Gasteiger partial charge in [-0.15, -0.1) is 66.7 Å². The van der Waals surface area contributed by atoms with E-state index in [1.165, 1.54) is 24.3 Å². The van der Waals surface area contributed by atoms with Crippen molar-refractivity contribution in [3.63, 3.8) is 0 Å². The molecule has 0 atom stereocenters. The van der Waals surface area contributed by atoms with Crippen molar-refractivity contribution in [2.45, 2.75) is 32.4 Å². The van der Waals surface area contributed by atoms with E-state index >= 15 is 0 Å². The second-order valence-electron chi connectivity index (χ2n) is 15.6. The van der Waals surface area contributed by atoms with Crippen LogP contribution >= 0.6 is 0 Å². The fourth-order valence-corrected chi connectivity index (χ4v) is 8.28. The van der Waals surface area contributed by atoms with Crippen LogP contribution in [0.1, 0.15) is 38.9 Å². The van der Waals surface area contributed by atoms with Gasteiger partial charge in [0.25, 0.3) is 0 Å². The molecule has 0 saturated carbocycles. The Balaban J connectivity index is 0.00000602. The standard InChI is InChI=1S/C57H35N4O5.Ir/c1-33-17-23-43-42-13-8-14-44(54(42)66-55(43)61-33)49-24-22-38(32-58-49)40-9-2-3-10-41(40)39-26-34(18-20-36-28-47-52(59-30-36)45-11-4-6-15-50(45)64-56(47)62)25-35(27-39)19-21-37-29-48-53(60-31-37)46-12-5-7-16-51(46)65-57(48)63;/h2-10,13,15-17,22-32H,18-21H2,1H3;/q-3;+3/i18D2,19D2,20D2,21D2;. The first kappa shape index (κ1) is 33.6. The van der Waals surface area contributed by atoms with Crippen LogP contribution < -0.4 is 11.3 Å². The van der Waals surface area contributed by atoms with E-state index in [0.717, 1.165) is 34.9 Å². The van der Waals surface area contributed by atoms with Crippen molar-refractivity contribution in [1.82, 2.24) is 19.9 Å². The molecule has 10 heteroatoms. The topological polar surface area (TPSA) is 125 Å². The SMILES string of the molecule is [2H]C([2H])(c1cc(-c2ccccc2-c2ccc(-c3[c-]ccc4c3oc3nc(C)ccc34)nc2)cc(C([2H])([2H])C([2H])([2H])c2cnc3c(c2)c(=O)oc2ccc[c-]c23)c1)C([2H])([2H])c1cnc2c(c1)c(=O)oc1ccc[c-]c12.[Ir+3]. The first-order valence-corrected chi connectivity index (χ1v) is 20.8. The van der Waals surface area contributed by atoms with Gasteiger partial charge in [-0.2, -0.15) is 0 Å². The summed E-state index contributed by atoms with van der Waals surface area (Å²) < 4.78 is 93.6. The third-order valence-corrected chi connectivity index (χ3v) is 11.4. The van der Waals surface area contributed by atoms with Crippen LogP contribution in [0.3, 0.4) is 0 Å². The molecule has 12 aromatic rings. The summed E-state index contributed by atoms with van der Waals surface area (Å²) in [5, 5.41) is 2.24. The number of furan rings is 1. The molecule has 5 aromatic carbocycles. The summed E-state index contributed by atoms with van der Waals surface area (Å²) in [6.07, 6.45) is -8.06. The number of hydrogen-bond acceptors (Lipinski definition) is 9. The first-order valence-electron chi connectivity index (χ1n) is 24.8. The third-order valence-electron chi connectivity index (χ3n) is 11.4. The molecule has 67 heavy (non-hydrogen) atoms. The maximum absolute atomic E-state index is 13.3. The molecule has 7 aromatic heterocycles. The minimum atomic E-state index is -3.03. The monoisotopic (exact) mass is 1060 g/mol. The molecule has 0 unspecified atom stereocenters. The van der Waals surface area contributed by atoms with Crippen LogP contribution in [-0.4, -0.2) is 19.9 Å². The molecule has 0 radical (unpaired) electrons. The van der Waals surface area contributed by atoms with Gasteiger partial charge in [-0.25, -0.2) is 14.6 Å². The van der Waals surface area contributed by atoms with Gasteiger partial charge >= 0.3 is 31.4 Å². The van der Waals surface area contributed by atoms with E-state index < -0.39 is 36.7 Å². The third kappa shape index (κ3) is 7.70. The number of hydrogen-bond donors (Lipinski definition) is 0. The fourth-order valence-electron chi connectivity index (χ4n) is 8.28. The van der Waals surface area contributed by atoms with Crippen LogP contribution in [0.5, 0.6) is 0 Å². The van der Waals surface area contributed by atoms with Crippen molar-refractivity contribution in [3.05, 3.63) is 213 Å². The van der Waals surface area contributed by atoms with E-state index in [1.54, 1.807) is 72.9 Å². The Hall–Kier alpha value is -7.91. The Morgan fingerprint density at radius 2 is 1.15 bits per heavy atom.